The number of hydrogen-bond acceptors (Lipinski definition) is 6. The molecule has 3 rings (SSSR count). The molecule has 1 aliphatic carbocycles. The smallest absolute Gasteiger partial charge is 0.230 e. The van der Waals surface area contributed by atoms with Crippen LogP contribution in [-0.4, -0.2) is 39.0 Å². The van der Waals surface area contributed by atoms with Crippen molar-refractivity contribution in [1.82, 2.24) is 25.5 Å². The maximum atomic E-state index is 12.1. The average Bonchev–Trinajstić information content (AvgIpc) is 3.29. The molecule has 128 valence electrons. The molecule has 0 radical (unpaired) electrons. The Morgan fingerprint density at radius 1 is 1.42 bits per heavy atom. The number of carbonyl (C=O) groups excluding carboxylic acids is 1. The van der Waals surface area contributed by atoms with E-state index < -0.39 is 0 Å². The van der Waals surface area contributed by atoms with Crippen LogP contribution < -0.4 is 10.1 Å². The Labute approximate surface area is 145 Å². The van der Waals surface area contributed by atoms with E-state index in [0.29, 0.717) is 18.3 Å². The molecule has 2 aromatic rings. The standard InChI is InChI=1S/C16H21N5O2S/c1-23-14-8-4-5-12(9-14)10-17-15(22)11-24-16-18-19-20-21(16)13-6-2-3-7-13/h4-5,8-9,13H,2-3,6-7,10-11H2,1H3,(H,17,22). The molecule has 0 bridgehead atoms. The molecule has 1 saturated carbocycles. The van der Waals surface area contributed by atoms with E-state index >= 15 is 0 Å². The van der Waals surface area contributed by atoms with Gasteiger partial charge in [-0.1, -0.05) is 36.7 Å². The van der Waals surface area contributed by atoms with Gasteiger partial charge in [0.1, 0.15) is 5.75 Å². The second kappa shape index (κ2) is 8.14. The summed E-state index contributed by atoms with van der Waals surface area (Å²) < 4.78 is 7.05. The van der Waals surface area contributed by atoms with E-state index in [9.17, 15) is 4.79 Å². The zero-order valence-electron chi connectivity index (χ0n) is 13.6. The van der Waals surface area contributed by atoms with E-state index in [0.717, 1.165) is 29.3 Å². The van der Waals surface area contributed by atoms with Crippen LogP contribution in [0.1, 0.15) is 37.3 Å². The van der Waals surface area contributed by atoms with E-state index in [4.69, 9.17) is 4.74 Å². The SMILES string of the molecule is COc1cccc(CNC(=O)CSc2nnnn2C2CCCC2)c1. The van der Waals surface area contributed by atoms with Gasteiger partial charge < -0.3 is 10.1 Å². The average molecular weight is 347 g/mol. The number of nitrogens with one attached hydrogen (secondary N) is 1. The van der Waals surface area contributed by atoms with Gasteiger partial charge in [0.05, 0.1) is 18.9 Å². The van der Waals surface area contributed by atoms with E-state index in [-0.39, 0.29) is 5.91 Å². The molecule has 0 aliphatic heterocycles. The lowest BCUT2D eigenvalue weighted by molar-refractivity contribution is -0.118. The van der Waals surface area contributed by atoms with Crippen molar-refractivity contribution in [2.75, 3.05) is 12.9 Å². The minimum absolute atomic E-state index is 0.0382. The van der Waals surface area contributed by atoms with Crippen molar-refractivity contribution in [2.45, 2.75) is 43.4 Å². The monoisotopic (exact) mass is 347 g/mol. The third-order valence-corrected chi connectivity index (χ3v) is 5.02. The highest BCUT2D eigenvalue weighted by Gasteiger charge is 2.22. The van der Waals surface area contributed by atoms with Crippen LogP contribution in [0.3, 0.4) is 0 Å². The Hall–Kier alpha value is -2.09. The largest absolute Gasteiger partial charge is 0.497 e. The molecule has 8 heteroatoms. The van der Waals surface area contributed by atoms with Crippen molar-refractivity contribution in [2.24, 2.45) is 0 Å². The molecule has 1 aromatic carbocycles. The molecule has 0 spiro atoms. The molecular formula is C16H21N5O2S. The summed E-state index contributed by atoms with van der Waals surface area (Å²) in [6.07, 6.45) is 4.66. The Morgan fingerprint density at radius 3 is 3.04 bits per heavy atom. The molecule has 0 unspecified atom stereocenters. The number of carbonyl (C=O) groups is 1. The number of aromatic nitrogens is 4. The van der Waals surface area contributed by atoms with Crippen LogP contribution in [0, 0.1) is 0 Å². The zero-order chi connectivity index (χ0) is 16.8. The number of nitrogens with zero attached hydrogens (tertiary/aromatic N) is 4. The van der Waals surface area contributed by atoms with E-state index in [1.807, 2.05) is 28.9 Å². The second-order valence-electron chi connectivity index (χ2n) is 5.76. The van der Waals surface area contributed by atoms with Crippen LogP contribution in [0.5, 0.6) is 5.75 Å². The minimum Gasteiger partial charge on any atom is -0.497 e. The molecule has 0 atom stereocenters. The van der Waals surface area contributed by atoms with E-state index in [1.54, 1.807) is 7.11 Å². The quantitative estimate of drug-likeness (QED) is 0.773. The first-order chi connectivity index (χ1) is 11.8. The molecule has 1 aromatic heterocycles. The zero-order valence-corrected chi connectivity index (χ0v) is 14.5. The third kappa shape index (κ3) is 4.25. The highest BCUT2D eigenvalue weighted by Crippen LogP contribution is 2.31. The van der Waals surface area contributed by atoms with Gasteiger partial charge >= 0.3 is 0 Å². The third-order valence-electron chi connectivity index (χ3n) is 4.09. The first kappa shape index (κ1) is 16.8. The molecular weight excluding hydrogens is 326 g/mol. The first-order valence-electron chi connectivity index (χ1n) is 8.06. The molecule has 1 amide bonds. The van der Waals surface area contributed by atoms with Crippen LogP contribution in [-0.2, 0) is 11.3 Å². The summed E-state index contributed by atoms with van der Waals surface area (Å²) in [5, 5.41) is 15.5. The van der Waals surface area contributed by atoms with E-state index in [1.165, 1.54) is 24.6 Å². The number of amides is 1. The maximum Gasteiger partial charge on any atom is 0.230 e. The van der Waals surface area contributed by atoms with Gasteiger partial charge in [0.15, 0.2) is 0 Å². The molecule has 7 nitrogen and oxygen atoms in total. The van der Waals surface area contributed by atoms with Crippen molar-refractivity contribution in [3.63, 3.8) is 0 Å². The van der Waals surface area contributed by atoms with E-state index in [2.05, 4.69) is 20.8 Å². The molecule has 1 aliphatic rings. The summed E-state index contributed by atoms with van der Waals surface area (Å²) in [5.41, 5.74) is 1.00. The summed E-state index contributed by atoms with van der Waals surface area (Å²) in [6, 6.07) is 8.03. The summed E-state index contributed by atoms with van der Waals surface area (Å²) in [6.45, 7) is 0.476. The summed E-state index contributed by atoms with van der Waals surface area (Å²) in [7, 11) is 1.63. The highest BCUT2D eigenvalue weighted by atomic mass is 32.2. The fourth-order valence-corrected chi connectivity index (χ4v) is 3.60. The molecule has 0 saturated heterocycles. The van der Waals surface area contributed by atoms with Gasteiger partial charge in [-0.25, -0.2) is 4.68 Å². The van der Waals surface area contributed by atoms with Crippen molar-refractivity contribution >= 4 is 17.7 Å². The number of thioether (sulfide) groups is 1. The van der Waals surface area contributed by atoms with Crippen LogP contribution in [0.25, 0.3) is 0 Å². The fourth-order valence-electron chi connectivity index (χ4n) is 2.82. The number of hydrogen-bond donors (Lipinski definition) is 1. The predicted molar refractivity (Wildman–Crippen MR) is 90.9 cm³/mol. The summed E-state index contributed by atoms with van der Waals surface area (Å²) in [4.78, 5) is 12.1. The lowest BCUT2D eigenvalue weighted by atomic mass is 10.2. The van der Waals surface area contributed by atoms with Crippen LogP contribution in [0.2, 0.25) is 0 Å². The summed E-state index contributed by atoms with van der Waals surface area (Å²) >= 11 is 1.38. The number of tetrazole rings is 1. The van der Waals surface area contributed by atoms with Crippen LogP contribution >= 0.6 is 11.8 Å². The van der Waals surface area contributed by atoms with Crippen molar-refractivity contribution in [1.29, 1.82) is 0 Å². The van der Waals surface area contributed by atoms with Gasteiger partial charge in [0, 0.05) is 6.54 Å². The first-order valence-corrected chi connectivity index (χ1v) is 9.05. The molecule has 1 fully saturated rings. The Kier molecular flexibility index (Phi) is 5.68. The lowest BCUT2D eigenvalue weighted by Crippen LogP contribution is -2.24. The minimum atomic E-state index is -0.0382. The molecule has 1 heterocycles. The topological polar surface area (TPSA) is 81.9 Å². The Morgan fingerprint density at radius 2 is 2.25 bits per heavy atom. The van der Waals surface area contributed by atoms with Gasteiger partial charge in [-0.2, -0.15) is 0 Å². The van der Waals surface area contributed by atoms with Crippen molar-refractivity contribution in [3.05, 3.63) is 29.8 Å². The van der Waals surface area contributed by atoms with Gasteiger partial charge in [0.25, 0.3) is 0 Å². The number of methoxy groups -OCH3 is 1. The predicted octanol–water partition coefficient (Wildman–Crippen LogP) is 2.21. The van der Waals surface area contributed by atoms with Gasteiger partial charge in [-0.3, -0.25) is 4.79 Å². The van der Waals surface area contributed by atoms with Crippen LogP contribution in [0.4, 0.5) is 0 Å². The van der Waals surface area contributed by atoms with Gasteiger partial charge in [-0.05, 0) is 41.0 Å². The molecule has 24 heavy (non-hydrogen) atoms. The van der Waals surface area contributed by atoms with Crippen LogP contribution in [0.15, 0.2) is 29.4 Å². The van der Waals surface area contributed by atoms with Crippen molar-refractivity contribution in [3.8, 4) is 5.75 Å². The second-order valence-corrected chi connectivity index (χ2v) is 6.70. The van der Waals surface area contributed by atoms with Gasteiger partial charge in [-0.15, -0.1) is 5.10 Å². The number of rotatable bonds is 7. The highest BCUT2D eigenvalue weighted by molar-refractivity contribution is 7.99. The lowest BCUT2D eigenvalue weighted by Gasteiger charge is -2.11. The fraction of sp³-hybridized carbons (Fsp3) is 0.500. The Bertz CT molecular complexity index is 685. The molecule has 1 N–H and O–H groups in total. The van der Waals surface area contributed by atoms with Gasteiger partial charge in [0.2, 0.25) is 11.1 Å². The normalized spacial score (nSPS) is 14.7. The number of benzene rings is 1. The summed E-state index contributed by atoms with van der Waals surface area (Å²) in [5.74, 6) is 1.05. The Balaban J connectivity index is 1.48. The number of ether oxygens (including phenoxy) is 1. The maximum absolute atomic E-state index is 12.1. The van der Waals surface area contributed by atoms with Crippen molar-refractivity contribution < 1.29 is 9.53 Å².